The lowest BCUT2D eigenvalue weighted by Gasteiger charge is -2.16. The SMILES string of the molecule is CCCC(NC(=O)c1ccc(Br)cc1)c1cccs1. The summed E-state index contributed by atoms with van der Waals surface area (Å²) in [5, 5.41) is 5.16. The molecule has 0 saturated carbocycles. The number of rotatable bonds is 5. The van der Waals surface area contributed by atoms with E-state index in [0.717, 1.165) is 17.3 Å². The second kappa shape index (κ2) is 6.87. The van der Waals surface area contributed by atoms with E-state index in [1.807, 2.05) is 35.7 Å². The summed E-state index contributed by atoms with van der Waals surface area (Å²) in [6.45, 7) is 2.13. The van der Waals surface area contributed by atoms with Gasteiger partial charge in [0.2, 0.25) is 0 Å². The molecule has 1 unspecified atom stereocenters. The van der Waals surface area contributed by atoms with Crippen LogP contribution in [0.25, 0.3) is 0 Å². The summed E-state index contributed by atoms with van der Waals surface area (Å²) >= 11 is 5.06. The van der Waals surface area contributed by atoms with Gasteiger partial charge in [0.15, 0.2) is 0 Å². The molecule has 2 rings (SSSR count). The van der Waals surface area contributed by atoms with Crippen molar-refractivity contribution in [2.75, 3.05) is 0 Å². The molecule has 0 saturated heterocycles. The minimum Gasteiger partial charge on any atom is -0.344 e. The van der Waals surface area contributed by atoms with Crippen molar-refractivity contribution in [2.24, 2.45) is 0 Å². The van der Waals surface area contributed by atoms with E-state index >= 15 is 0 Å². The Balaban J connectivity index is 2.09. The average Bonchev–Trinajstić information content (AvgIpc) is 2.92. The lowest BCUT2D eigenvalue weighted by Crippen LogP contribution is -2.27. The summed E-state index contributed by atoms with van der Waals surface area (Å²) in [7, 11) is 0. The molecular weight excluding hydrogens is 322 g/mol. The molecule has 100 valence electrons. The maximum absolute atomic E-state index is 12.2. The van der Waals surface area contributed by atoms with Crippen LogP contribution in [-0.4, -0.2) is 5.91 Å². The number of carbonyl (C=O) groups excluding carboxylic acids is 1. The Morgan fingerprint density at radius 3 is 2.63 bits per heavy atom. The van der Waals surface area contributed by atoms with Gasteiger partial charge in [0.25, 0.3) is 5.91 Å². The Morgan fingerprint density at radius 1 is 1.32 bits per heavy atom. The minimum absolute atomic E-state index is 0.0145. The van der Waals surface area contributed by atoms with Gasteiger partial charge >= 0.3 is 0 Å². The van der Waals surface area contributed by atoms with Crippen LogP contribution in [0.3, 0.4) is 0 Å². The quantitative estimate of drug-likeness (QED) is 0.835. The van der Waals surface area contributed by atoms with Crippen LogP contribution in [0, 0.1) is 0 Å². The number of halogens is 1. The van der Waals surface area contributed by atoms with Gasteiger partial charge in [-0.15, -0.1) is 11.3 Å². The van der Waals surface area contributed by atoms with E-state index in [4.69, 9.17) is 0 Å². The molecule has 0 fully saturated rings. The van der Waals surface area contributed by atoms with Crippen molar-refractivity contribution in [2.45, 2.75) is 25.8 Å². The third-order valence-corrected chi connectivity index (χ3v) is 4.39. The zero-order chi connectivity index (χ0) is 13.7. The molecule has 0 aliphatic heterocycles. The van der Waals surface area contributed by atoms with Crippen LogP contribution in [-0.2, 0) is 0 Å². The fourth-order valence-corrected chi connectivity index (χ4v) is 2.98. The largest absolute Gasteiger partial charge is 0.344 e. The number of carbonyl (C=O) groups is 1. The van der Waals surface area contributed by atoms with E-state index in [-0.39, 0.29) is 11.9 Å². The van der Waals surface area contributed by atoms with Gasteiger partial charge in [0.05, 0.1) is 6.04 Å². The number of benzene rings is 1. The molecule has 0 aliphatic rings. The predicted octanol–water partition coefficient (Wildman–Crippen LogP) is 4.78. The van der Waals surface area contributed by atoms with E-state index in [1.54, 1.807) is 11.3 Å². The number of hydrogen-bond donors (Lipinski definition) is 1. The smallest absolute Gasteiger partial charge is 0.251 e. The molecule has 2 nitrogen and oxygen atoms in total. The third kappa shape index (κ3) is 3.91. The first-order valence-electron chi connectivity index (χ1n) is 6.30. The van der Waals surface area contributed by atoms with E-state index in [2.05, 4.69) is 34.2 Å². The number of nitrogens with one attached hydrogen (secondary N) is 1. The van der Waals surface area contributed by atoms with Crippen LogP contribution < -0.4 is 5.32 Å². The topological polar surface area (TPSA) is 29.1 Å². The predicted molar refractivity (Wildman–Crippen MR) is 83.6 cm³/mol. The molecule has 0 radical (unpaired) electrons. The molecule has 0 bridgehead atoms. The van der Waals surface area contributed by atoms with Gasteiger partial charge in [-0.1, -0.05) is 35.3 Å². The van der Waals surface area contributed by atoms with E-state index < -0.39 is 0 Å². The zero-order valence-corrected chi connectivity index (χ0v) is 13.1. The van der Waals surface area contributed by atoms with Crippen LogP contribution in [0.15, 0.2) is 46.3 Å². The fraction of sp³-hybridized carbons (Fsp3) is 0.267. The van der Waals surface area contributed by atoms with Gasteiger partial charge in [-0.05, 0) is 42.1 Å². The van der Waals surface area contributed by atoms with E-state index in [1.165, 1.54) is 4.88 Å². The van der Waals surface area contributed by atoms with Crippen molar-refractivity contribution in [1.82, 2.24) is 5.32 Å². The highest BCUT2D eigenvalue weighted by Crippen LogP contribution is 2.23. The maximum Gasteiger partial charge on any atom is 0.251 e. The molecule has 0 spiro atoms. The molecule has 1 amide bonds. The van der Waals surface area contributed by atoms with Crippen molar-refractivity contribution in [1.29, 1.82) is 0 Å². The summed E-state index contributed by atoms with van der Waals surface area (Å²) in [6.07, 6.45) is 2.01. The Morgan fingerprint density at radius 2 is 2.05 bits per heavy atom. The Hall–Kier alpha value is -1.13. The van der Waals surface area contributed by atoms with Crippen molar-refractivity contribution in [3.8, 4) is 0 Å². The van der Waals surface area contributed by atoms with Gasteiger partial charge in [-0.25, -0.2) is 0 Å². The highest BCUT2D eigenvalue weighted by atomic mass is 79.9. The third-order valence-electron chi connectivity index (χ3n) is 2.88. The average molecular weight is 338 g/mol. The van der Waals surface area contributed by atoms with Crippen molar-refractivity contribution in [3.63, 3.8) is 0 Å². The van der Waals surface area contributed by atoms with Crippen molar-refractivity contribution in [3.05, 3.63) is 56.7 Å². The summed E-state index contributed by atoms with van der Waals surface area (Å²) in [4.78, 5) is 13.4. The second-order valence-corrected chi connectivity index (χ2v) is 6.23. The highest BCUT2D eigenvalue weighted by molar-refractivity contribution is 9.10. The molecule has 19 heavy (non-hydrogen) atoms. The van der Waals surface area contributed by atoms with Gasteiger partial charge in [-0.2, -0.15) is 0 Å². The molecule has 1 aromatic heterocycles. The van der Waals surface area contributed by atoms with Gasteiger partial charge in [-0.3, -0.25) is 4.79 Å². The Labute approximate surface area is 126 Å². The van der Waals surface area contributed by atoms with Gasteiger partial charge in [0.1, 0.15) is 0 Å². The lowest BCUT2D eigenvalue weighted by molar-refractivity contribution is 0.0935. The molecule has 2 aromatic rings. The van der Waals surface area contributed by atoms with Gasteiger partial charge < -0.3 is 5.32 Å². The minimum atomic E-state index is -0.0145. The summed E-state index contributed by atoms with van der Waals surface area (Å²) in [6, 6.07) is 11.6. The first-order chi connectivity index (χ1) is 9.20. The standard InChI is InChI=1S/C15H16BrNOS/c1-2-4-13(14-5-3-10-19-14)17-15(18)11-6-8-12(16)9-7-11/h3,5-10,13H,2,4H2,1H3,(H,17,18). The molecular formula is C15H16BrNOS. The zero-order valence-electron chi connectivity index (χ0n) is 10.7. The van der Waals surface area contributed by atoms with Gasteiger partial charge in [0, 0.05) is 14.9 Å². The molecule has 1 N–H and O–H groups in total. The summed E-state index contributed by atoms with van der Waals surface area (Å²) in [5.74, 6) is -0.0145. The number of thiophene rings is 1. The first-order valence-corrected chi connectivity index (χ1v) is 7.97. The maximum atomic E-state index is 12.2. The molecule has 4 heteroatoms. The van der Waals surface area contributed by atoms with Crippen LogP contribution in [0.1, 0.15) is 41.0 Å². The molecule has 1 aromatic carbocycles. The monoisotopic (exact) mass is 337 g/mol. The van der Waals surface area contributed by atoms with E-state index in [9.17, 15) is 4.79 Å². The summed E-state index contributed by atoms with van der Waals surface area (Å²) in [5.41, 5.74) is 0.695. The van der Waals surface area contributed by atoms with Crippen molar-refractivity contribution >= 4 is 33.2 Å². The Bertz CT molecular complexity index is 522. The fourth-order valence-electron chi connectivity index (χ4n) is 1.91. The van der Waals surface area contributed by atoms with Crippen LogP contribution >= 0.6 is 27.3 Å². The Kier molecular flexibility index (Phi) is 5.16. The molecule has 1 atom stereocenters. The van der Waals surface area contributed by atoms with E-state index in [0.29, 0.717) is 5.56 Å². The van der Waals surface area contributed by atoms with Crippen molar-refractivity contribution < 1.29 is 4.79 Å². The van der Waals surface area contributed by atoms with Crippen LogP contribution in [0.5, 0.6) is 0 Å². The second-order valence-electron chi connectivity index (χ2n) is 4.34. The normalized spacial score (nSPS) is 12.1. The molecule has 1 heterocycles. The number of amides is 1. The lowest BCUT2D eigenvalue weighted by atomic mass is 10.1. The molecule has 0 aliphatic carbocycles. The first kappa shape index (κ1) is 14.3. The number of hydrogen-bond acceptors (Lipinski definition) is 2. The van der Waals surface area contributed by atoms with Crippen LogP contribution in [0.4, 0.5) is 0 Å². The highest BCUT2D eigenvalue weighted by Gasteiger charge is 2.15. The van der Waals surface area contributed by atoms with Crippen LogP contribution in [0.2, 0.25) is 0 Å². The summed E-state index contributed by atoms with van der Waals surface area (Å²) < 4.78 is 0.979.